The molecule has 12 nitrogen and oxygen atoms in total. The predicted octanol–water partition coefficient (Wildman–Crippen LogP) is 6.11. The van der Waals surface area contributed by atoms with Crippen molar-refractivity contribution in [3.05, 3.63) is 71.4 Å². The van der Waals surface area contributed by atoms with Gasteiger partial charge in [0.25, 0.3) is 0 Å². The van der Waals surface area contributed by atoms with Gasteiger partial charge in [-0.15, -0.1) is 0 Å². The number of fused-ring (bicyclic) bond motifs is 1. The maximum Gasteiger partial charge on any atom is 0.407 e. The van der Waals surface area contributed by atoms with E-state index in [-0.39, 0.29) is 29.8 Å². The Morgan fingerprint density at radius 2 is 1.43 bits per heavy atom. The van der Waals surface area contributed by atoms with Crippen LogP contribution in [-0.4, -0.2) is 79.9 Å². The van der Waals surface area contributed by atoms with Crippen LogP contribution >= 0.6 is 0 Å². The quantitative estimate of drug-likeness (QED) is 0.159. The zero-order valence-corrected chi connectivity index (χ0v) is 31.0. The molecule has 2 saturated heterocycles. The Bertz CT molecular complexity index is 2050. The van der Waals surface area contributed by atoms with Gasteiger partial charge in [-0.2, -0.15) is 0 Å². The molecule has 0 spiro atoms. The van der Waals surface area contributed by atoms with E-state index in [1.807, 2.05) is 58.5 Å². The fourth-order valence-corrected chi connectivity index (χ4v) is 9.17. The Balaban J connectivity index is 0.927. The SMILES string of the molecule is COC(=O)N[C@H](C(=O)N1CCC[C@H]1c1nc2ccc(C#Cc3ccc(-c4cnc([C@@H]5CCCN5C(=O)[C@@H](N)C5CCCC5)[nH]4)cc3)cc2[nH]1)C1CCCC1. The highest BCUT2D eigenvalue weighted by Gasteiger charge is 2.41. The van der Waals surface area contributed by atoms with E-state index in [0.29, 0.717) is 12.5 Å². The molecular formula is C42H50N8O4. The zero-order valence-electron chi connectivity index (χ0n) is 31.0. The molecule has 2 aliphatic carbocycles. The second kappa shape index (κ2) is 15.7. The number of rotatable bonds is 8. The van der Waals surface area contributed by atoms with Gasteiger partial charge < -0.3 is 35.6 Å². The smallest absolute Gasteiger partial charge is 0.407 e. The molecule has 282 valence electrons. The van der Waals surface area contributed by atoms with Gasteiger partial charge in [-0.25, -0.2) is 14.8 Å². The summed E-state index contributed by atoms with van der Waals surface area (Å²) in [6.45, 7) is 1.35. The Kier molecular flexibility index (Phi) is 10.4. The van der Waals surface area contributed by atoms with Crippen LogP contribution in [0.25, 0.3) is 22.3 Å². The first kappa shape index (κ1) is 35.9. The molecule has 2 saturated carbocycles. The zero-order chi connectivity index (χ0) is 37.2. The molecule has 4 atom stereocenters. The fraction of sp³-hybridized carbons (Fsp3) is 0.500. The maximum absolute atomic E-state index is 13.9. The third-order valence-electron chi connectivity index (χ3n) is 12.1. The van der Waals surface area contributed by atoms with Gasteiger partial charge >= 0.3 is 6.09 Å². The number of amides is 3. The summed E-state index contributed by atoms with van der Waals surface area (Å²) in [6, 6.07) is 12.7. The predicted molar refractivity (Wildman–Crippen MR) is 205 cm³/mol. The lowest BCUT2D eigenvalue weighted by atomic mass is 9.96. The Hall–Kier alpha value is -5.15. The summed E-state index contributed by atoms with van der Waals surface area (Å²) in [5, 5.41) is 2.84. The highest BCUT2D eigenvalue weighted by molar-refractivity contribution is 5.87. The van der Waals surface area contributed by atoms with Crippen molar-refractivity contribution in [3.8, 4) is 23.1 Å². The third kappa shape index (κ3) is 7.34. The number of carbonyl (C=O) groups is 3. The molecule has 54 heavy (non-hydrogen) atoms. The summed E-state index contributed by atoms with van der Waals surface area (Å²) >= 11 is 0. The number of nitrogens with one attached hydrogen (secondary N) is 3. The van der Waals surface area contributed by atoms with E-state index in [0.717, 1.165) is 129 Å². The van der Waals surface area contributed by atoms with Crippen LogP contribution in [0.3, 0.4) is 0 Å². The fourth-order valence-electron chi connectivity index (χ4n) is 9.17. The van der Waals surface area contributed by atoms with Crippen LogP contribution < -0.4 is 11.1 Å². The van der Waals surface area contributed by atoms with E-state index in [2.05, 4.69) is 27.1 Å². The first-order chi connectivity index (χ1) is 26.4. The van der Waals surface area contributed by atoms with Crippen LogP contribution in [-0.2, 0) is 14.3 Å². The summed E-state index contributed by atoms with van der Waals surface area (Å²) in [5.41, 5.74) is 11.8. The van der Waals surface area contributed by atoms with Gasteiger partial charge in [0.2, 0.25) is 11.8 Å². The standard InChI is InChI=1S/C42H50N8O4/c1-54-42(53)48-37(30-10-4-5-11-30)41(52)50-23-7-13-35(50)39-45-31-21-18-27(24-32(31)46-39)15-14-26-16-19-28(20-17-26)33-25-44-38(47-33)34-12-6-22-49(34)40(51)36(43)29-8-2-3-9-29/h16-21,24-25,29-30,34-37H,2-13,22-23,43H2,1H3,(H,44,47)(H,45,46)(H,48,53)/t34-,35-,36-,37-/m0/s1. The second-order valence-corrected chi connectivity index (χ2v) is 15.5. The van der Waals surface area contributed by atoms with Crippen LogP contribution in [0.5, 0.6) is 0 Å². The van der Waals surface area contributed by atoms with Gasteiger partial charge in [0.05, 0.1) is 48.2 Å². The average Bonchev–Trinajstić information content (AvgIpc) is 4.04. The number of nitrogens with two attached hydrogens (primary N) is 1. The number of alkyl carbamates (subject to hydrolysis) is 1. The van der Waals surface area contributed by atoms with E-state index in [1.165, 1.54) is 7.11 Å². The highest BCUT2D eigenvalue weighted by atomic mass is 16.5. The number of hydrogen-bond acceptors (Lipinski definition) is 7. The van der Waals surface area contributed by atoms with Crippen molar-refractivity contribution in [2.75, 3.05) is 20.2 Å². The van der Waals surface area contributed by atoms with Crippen molar-refractivity contribution in [2.45, 2.75) is 101 Å². The second-order valence-electron chi connectivity index (χ2n) is 15.5. The third-order valence-corrected chi connectivity index (χ3v) is 12.1. The number of methoxy groups -OCH3 is 1. The molecule has 2 aromatic heterocycles. The number of likely N-dealkylation sites (tertiary alicyclic amines) is 2. The van der Waals surface area contributed by atoms with Gasteiger partial charge in [-0.1, -0.05) is 49.7 Å². The number of imidazole rings is 2. The number of aromatic nitrogens is 4. The lowest BCUT2D eigenvalue weighted by molar-refractivity contribution is -0.136. The van der Waals surface area contributed by atoms with Gasteiger partial charge in [0, 0.05) is 24.2 Å². The number of ether oxygens (including phenoxy) is 1. The number of H-pyrrole nitrogens is 2. The average molecular weight is 731 g/mol. The Labute approximate surface area is 316 Å². The topological polar surface area (TPSA) is 162 Å². The molecule has 0 unspecified atom stereocenters. The summed E-state index contributed by atoms with van der Waals surface area (Å²) < 4.78 is 4.86. The van der Waals surface area contributed by atoms with Crippen LogP contribution in [0.4, 0.5) is 4.79 Å². The minimum Gasteiger partial charge on any atom is -0.453 e. The molecular weight excluding hydrogens is 681 g/mol. The number of benzene rings is 2. The van der Waals surface area contributed by atoms with Crippen molar-refractivity contribution in [1.29, 1.82) is 0 Å². The molecule has 4 heterocycles. The molecule has 3 amide bonds. The Morgan fingerprint density at radius 1 is 0.796 bits per heavy atom. The summed E-state index contributed by atoms with van der Waals surface area (Å²) in [7, 11) is 1.33. The monoisotopic (exact) mass is 730 g/mol. The van der Waals surface area contributed by atoms with E-state index in [9.17, 15) is 14.4 Å². The number of aromatic amines is 2. The van der Waals surface area contributed by atoms with Crippen LogP contribution in [0.15, 0.2) is 48.7 Å². The van der Waals surface area contributed by atoms with Gasteiger partial charge in [-0.05, 0) is 99.1 Å². The van der Waals surface area contributed by atoms with E-state index in [4.69, 9.17) is 20.4 Å². The molecule has 0 radical (unpaired) electrons. The minimum absolute atomic E-state index is 0.0589. The summed E-state index contributed by atoms with van der Waals surface area (Å²) in [6.07, 6.45) is 13.2. The van der Waals surface area contributed by atoms with Gasteiger partial charge in [-0.3, -0.25) is 9.59 Å². The van der Waals surface area contributed by atoms with E-state index in [1.54, 1.807) is 0 Å². The summed E-state index contributed by atoms with van der Waals surface area (Å²) in [4.78, 5) is 59.8. The van der Waals surface area contributed by atoms with Crippen LogP contribution in [0.2, 0.25) is 0 Å². The highest BCUT2D eigenvalue weighted by Crippen LogP contribution is 2.37. The first-order valence-corrected chi connectivity index (χ1v) is 19.7. The van der Waals surface area contributed by atoms with E-state index >= 15 is 0 Å². The lowest BCUT2D eigenvalue weighted by Crippen LogP contribution is -2.51. The maximum atomic E-state index is 13.9. The van der Waals surface area contributed by atoms with Gasteiger partial charge in [0.1, 0.15) is 17.7 Å². The molecule has 2 aromatic carbocycles. The van der Waals surface area contributed by atoms with Crippen molar-refractivity contribution < 1.29 is 19.1 Å². The molecule has 4 fully saturated rings. The van der Waals surface area contributed by atoms with Crippen molar-refractivity contribution in [2.24, 2.45) is 17.6 Å². The van der Waals surface area contributed by atoms with E-state index < -0.39 is 18.2 Å². The Morgan fingerprint density at radius 3 is 2.13 bits per heavy atom. The molecule has 12 heteroatoms. The van der Waals surface area contributed by atoms with Crippen molar-refractivity contribution >= 4 is 28.9 Å². The molecule has 4 aromatic rings. The molecule has 4 aliphatic rings. The van der Waals surface area contributed by atoms with Gasteiger partial charge in [0.15, 0.2) is 0 Å². The lowest BCUT2D eigenvalue weighted by Gasteiger charge is -2.31. The number of carbonyl (C=O) groups excluding carboxylic acids is 3. The molecule has 8 rings (SSSR count). The normalized spacial score (nSPS) is 21.7. The molecule has 2 aliphatic heterocycles. The first-order valence-electron chi connectivity index (χ1n) is 19.7. The largest absolute Gasteiger partial charge is 0.453 e. The number of nitrogens with zero attached hydrogens (tertiary/aromatic N) is 4. The molecule has 0 bridgehead atoms. The van der Waals surface area contributed by atoms with Crippen molar-refractivity contribution in [3.63, 3.8) is 0 Å². The van der Waals surface area contributed by atoms with Crippen LogP contribution in [0, 0.1) is 23.7 Å². The minimum atomic E-state index is -0.594. The summed E-state index contributed by atoms with van der Waals surface area (Å²) in [5.74, 6) is 8.54. The molecule has 5 N–H and O–H groups in total. The van der Waals surface area contributed by atoms with Crippen molar-refractivity contribution in [1.82, 2.24) is 35.1 Å². The van der Waals surface area contributed by atoms with Crippen LogP contribution in [0.1, 0.15) is 112 Å². The number of hydrogen-bond donors (Lipinski definition) is 4.